The molecule has 1 atom stereocenters. The maximum absolute atomic E-state index is 11.7. The smallest absolute Gasteiger partial charge is 0.303 e. The third kappa shape index (κ3) is 8.63. The summed E-state index contributed by atoms with van der Waals surface area (Å²) in [5, 5.41) is 12.1. The highest BCUT2D eigenvalue weighted by molar-refractivity contribution is 7.99. The van der Waals surface area contributed by atoms with Crippen molar-refractivity contribution in [3.8, 4) is 0 Å². The van der Waals surface area contributed by atoms with Crippen LogP contribution in [0, 0.1) is 0 Å². The van der Waals surface area contributed by atoms with E-state index in [0.29, 0.717) is 30.0 Å². The van der Waals surface area contributed by atoms with Gasteiger partial charge in [0, 0.05) is 34.6 Å². The van der Waals surface area contributed by atoms with E-state index in [1.807, 2.05) is 31.2 Å². The van der Waals surface area contributed by atoms with Crippen molar-refractivity contribution in [2.24, 2.45) is 0 Å². The SMILES string of the molecule is CC(CCCC(=O)O)NC(=O)CCSc1ccc(Cl)cc1. The molecule has 116 valence electrons. The van der Waals surface area contributed by atoms with Gasteiger partial charge in [-0.3, -0.25) is 9.59 Å². The zero-order valence-electron chi connectivity index (χ0n) is 12.0. The normalized spacial score (nSPS) is 11.9. The molecule has 21 heavy (non-hydrogen) atoms. The second-order valence-corrected chi connectivity index (χ2v) is 6.41. The Labute approximate surface area is 134 Å². The first-order valence-corrected chi connectivity index (χ1v) is 8.23. The second kappa shape index (κ2) is 9.68. The Kier molecular flexibility index (Phi) is 8.23. The van der Waals surface area contributed by atoms with Crippen LogP contribution in [0.3, 0.4) is 0 Å². The molecule has 1 unspecified atom stereocenters. The van der Waals surface area contributed by atoms with Crippen molar-refractivity contribution in [3.05, 3.63) is 29.3 Å². The summed E-state index contributed by atoms with van der Waals surface area (Å²) in [6, 6.07) is 7.53. The first-order valence-electron chi connectivity index (χ1n) is 6.87. The first-order chi connectivity index (χ1) is 9.97. The number of hydrogen-bond acceptors (Lipinski definition) is 3. The summed E-state index contributed by atoms with van der Waals surface area (Å²) in [7, 11) is 0. The summed E-state index contributed by atoms with van der Waals surface area (Å²) < 4.78 is 0. The lowest BCUT2D eigenvalue weighted by Gasteiger charge is -2.13. The van der Waals surface area contributed by atoms with Crippen molar-refractivity contribution in [2.45, 2.75) is 43.5 Å². The molecule has 0 aliphatic carbocycles. The number of halogens is 1. The molecule has 0 saturated carbocycles. The monoisotopic (exact) mass is 329 g/mol. The number of aliphatic carboxylic acids is 1. The van der Waals surface area contributed by atoms with Gasteiger partial charge in [-0.25, -0.2) is 0 Å². The van der Waals surface area contributed by atoms with Gasteiger partial charge in [-0.15, -0.1) is 11.8 Å². The predicted molar refractivity (Wildman–Crippen MR) is 85.9 cm³/mol. The molecule has 0 spiro atoms. The van der Waals surface area contributed by atoms with Crippen LogP contribution < -0.4 is 5.32 Å². The van der Waals surface area contributed by atoms with Crippen LogP contribution in [-0.4, -0.2) is 28.8 Å². The van der Waals surface area contributed by atoms with Crippen LogP contribution in [0.15, 0.2) is 29.2 Å². The standard InChI is InChI=1S/C15H20ClNO3S/c1-11(3-2-4-15(19)20)17-14(18)9-10-21-13-7-5-12(16)6-8-13/h5-8,11H,2-4,9-10H2,1H3,(H,17,18)(H,19,20). The van der Waals surface area contributed by atoms with Gasteiger partial charge in [-0.2, -0.15) is 0 Å². The van der Waals surface area contributed by atoms with Crippen molar-refractivity contribution < 1.29 is 14.7 Å². The van der Waals surface area contributed by atoms with E-state index in [4.69, 9.17) is 16.7 Å². The summed E-state index contributed by atoms with van der Waals surface area (Å²) >= 11 is 7.41. The number of hydrogen-bond donors (Lipinski definition) is 2. The van der Waals surface area contributed by atoms with Gasteiger partial charge in [0.1, 0.15) is 0 Å². The largest absolute Gasteiger partial charge is 0.481 e. The van der Waals surface area contributed by atoms with E-state index in [0.717, 1.165) is 4.90 Å². The van der Waals surface area contributed by atoms with Gasteiger partial charge in [0.25, 0.3) is 0 Å². The van der Waals surface area contributed by atoms with Crippen LogP contribution in [0.2, 0.25) is 5.02 Å². The average Bonchev–Trinajstić information content (AvgIpc) is 2.40. The molecule has 0 fully saturated rings. The highest BCUT2D eigenvalue weighted by atomic mass is 35.5. The maximum atomic E-state index is 11.7. The molecule has 1 aromatic rings. The molecule has 1 amide bonds. The fourth-order valence-corrected chi connectivity index (χ4v) is 2.75. The Bertz CT molecular complexity index is 464. The minimum Gasteiger partial charge on any atom is -0.481 e. The summed E-state index contributed by atoms with van der Waals surface area (Å²) in [5.74, 6) is -0.0952. The number of rotatable bonds is 9. The Morgan fingerprint density at radius 3 is 2.57 bits per heavy atom. The zero-order valence-corrected chi connectivity index (χ0v) is 13.5. The first kappa shape index (κ1) is 17.9. The summed E-state index contributed by atoms with van der Waals surface area (Å²) in [6.45, 7) is 1.89. The number of nitrogens with one attached hydrogen (secondary N) is 1. The molecule has 1 rings (SSSR count). The Morgan fingerprint density at radius 1 is 1.29 bits per heavy atom. The zero-order chi connectivity index (χ0) is 15.7. The molecule has 0 radical (unpaired) electrons. The summed E-state index contributed by atoms with van der Waals surface area (Å²) in [6.07, 6.45) is 1.85. The molecule has 0 heterocycles. The summed E-state index contributed by atoms with van der Waals surface area (Å²) in [5.41, 5.74) is 0. The van der Waals surface area contributed by atoms with Gasteiger partial charge in [-0.05, 0) is 44.0 Å². The van der Waals surface area contributed by atoms with Crippen LogP contribution in [-0.2, 0) is 9.59 Å². The van der Waals surface area contributed by atoms with E-state index < -0.39 is 5.97 Å². The lowest BCUT2D eigenvalue weighted by molar-refractivity contribution is -0.137. The molecular formula is C15H20ClNO3S. The van der Waals surface area contributed by atoms with Gasteiger partial charge >= 0.3 is 5.97 Å². The number of amides is 1. The molecule has 0 saturated heterocycles. The molecule has 0 aromatic heterocycles. The highest BCUT2D eigenvalue weighted by Gasteiger charge is 2.08. The molecule has 6 heteroatoms. The van der Waals surface area contributed by atoms with Crippen molar-refractivity contribution in [3.63, 3.8) is 0 Å². The average molecular weight is 330 g/mol. The number of carbonyl (C=O) groups excluding carboxylic acids is 1. The van der Waals surface area contributed by atoms with Gasteiger partial charge in [0.05, 0.1) is 0 Å². The van der Waals surface area contributed by atoms with Crippen LogP contribution in [0.4, 0.5) is 0 Å². The number of carbonyl (C=O) groups is 2. The van der Waals surface area contributed by atoms with Crippen molar-refractivity contribution >= 4 is 35.2 Å². The summed E-state index contributed by atoms with van der Waals surface area (Å²) in [4.78, 5) is 23.2. The van der Waals surface area contributed by atoms with E-state index >= 15 is 0 Å². The minimum atomic E-state index is -0.798. The van der Waals surface area contributed by atoms with Gasteiger partial charge in [0.2, 0.25) is 5.91 Å². The van der Waals surface area contributed by atoms with Gasteiger partial charge in [0.15, 0.2) is 0 Å². The van der Waals surface area contributed by atoms with Crippen molar-refractivity contribution in [1.82, 2.24) is 5.32 Å². The molecule has 2 N–H and O–H groups in total. The van der Waals surface area contributed by atoms with E-state index in [1.54, 1.807) is 11.8 Å². The number of carboxylic acid groups (broad SMARTS) is 1. The molecular weight excluding hydrogens is 310 g/mol. The molecule has 4 nitrogen and oxygen atoms in total. The third-order valence-corrected chi connectivity index (χ3v) is 4.11. The Hall–Kier alpha value is -1.20. The fraction of sp³-hybridized carbons (Fsp3) is 0.467. The van der Waals surface area contributed by atoms with E-state index in [9.17, 15) is 9.59 Å². The van der Waals surface area contributed by atoms with E-state index in [1.165, 1.54) is 0 Å². The number of thioether (sulfide) groups is 1. The Morgan fingerprint density at radius 2 is 1.95 bits per heavy atom. The van der Waals surface area contributed by atoms with Crippen molar-refractivity contribution in [1.29, 1.82) is 0 Å². The predicted octanol–water partition coefficient (Wildman–Crippen LogP) is 3.58. The minimum absolute atomic E-state index is 0.000659. The fourth-order valence-electron chi connectivity index (χ4n) is 1.77. The van der Waals surface area contributed by atoms with Gasteiger partial charge < -0.3 is 10.4 Å². The lowest BCUT2D eigenvalue weighted by Crippen LogP contribution is -2.32. The highest BCUT2D eigenvalue weighted by Crippen LogP contribution is 2.20. The quantitative estimate of drug-likeness (QED) is 0.679. The molecule has 0 aliphatic heterocycles. The maximum Gasteiger partial charge on any atom is 0.303 e. The topological polar surface area (TPSA) is 66.4 Å². The number of benzene rings is 1. The molecule has 1 aromatic carbocycles. The second-order valence-electron chi connectivity index (χ2n) is 4.81. The van der Waals surface area contributed by atoms with Crippen LogP contribution >= 0.6 is 23.4 Å². The van der Waals surface area contributed by atoms with E-state index in [2.05, 4.69) is 5.32 Å². The third-order valence-electron chi connectivity index (χ3n) is 2.85. The van der Waals surface area contributed by atoms with E-state index in [-0.39, 0.29) is 18.4 Å². The van der Waals surface area contributed by atoms with Crippen molar-refractivity contribution in [2.75, 3.05) is 5.75 Å². The lowest BCUT2D eigenvalue weighted by atomic mass is 10.1. The van der Waals surface area contributed by atoms with Crippen LogP contribution in [0.25, 0.3) is 0 Å². The number of carboxylic acids is 1. The van der Waals surface area contributed by atoms with Crippen LogP contribution in [0.5, 0.6) is 0 Å². The molecule has 0 bridgehead atoms. The van der Waals surface area contributed by atoms with Gasteiger partial charge in [-0.1, -0.05) is 11.6 Å². The molecule has 0 aliphatic rings. The van der Waals surface area contributed by atoms with Crippen LogP contribution in [0.1, 0.15) is 32.6 Å². The Balaban J connectivity index is 2.15.